The molecule has 0 aromatic carbocycles. The molecule has 1 unspecified atom stereocenters. The van der Waals surface area contributed by atoms with E-state index in [-0.39, 0.29) is 17.7 Å². The van der Waals surface area contributed by atoms with Crippen molar-refractivity contribution in [3.05, 3.63) is 12.2 Å². The summed E-state index contributed by atoms with van der Waals surface area (Å²) >= 11 is 0. The van der Waals surface area contributed by atoms with Crippen molar-refractivity contribution in [2.24, 2.45) is 17.3 Å². The molecule has 0 bridgehead atoms. The summed E-state index contributed by atoms with van der Waals surface area (Å²) in [6, 6.07) is 0. The minimum Gasteiger partial charge on any atom is -0.481 e. The minimum absolute atomic E-state index is 0.0342. The zero-order valence-corrected chi connectivity index (χ0v) is 11.6. The lowest BCUT2D eigenvalue weighted by molar-refractivity contribution is -0.157. The molecule has 1 amide bonds. The molecule has 20 heavy (non-hydrogen) atoms. The number of rotatable bonds is 2. The Morgan fingerprint density at radius 3 is 2.85 bits per heavy atom. The van der Waals surface area contributed by atoms with Crippen LogP contribution >= 0.6 is 0 Å². The number of nitrogens with zero attached hydrogens (tertiary/aromatic N) is 1. The van der Waals surface area contributed by atoms with Crippen LogP contribution in [0.4, 0.5) is 0 Å². The number of carboxylic acid groups (broad SMARTS) is 1. The van der Waals surface area contributed by atoms with Gasteiger partial charge in [0, 0.05) is 31.5 Å². The molecule has 0 radical (unpaired) electrons. The molecule has 2 saturated heterocycles. The van der Waals surface area contributed by atoms with Gasteiger partial charge in [-0.1, -0.05) is 12.2 Å². The SMILES string of the molecule is O=C(C1CC=CCC1)N1C[C@H]2COCC[C@@]2(C(=O)O)C1. The van der Waals surface area contributed by atoms with Crippen LogP contribution < -0.4 is 0 Å². The first-order valence-electron chi connectivity index (χ1n) is 7.38. The number of ether oxygens (including phenoxy) is 1. The number of carbonyl (C=O) groups excluding carboxylic acids is 1. The van der Waals surface area contributed by atoms with Gasteiger partial charge in [-0.05, 0) is 25.7 Å². The number of allylic oxidation sites excluding steroid dienone is 2. The molecule has 2 heterocycles. The molecule has 1 aliphatic carbocycles. The maximum Gasteiger partial charge on any atom is 0.311 e. The van der Waals surface area contributed by atoms with Crippen molar-refractivity contribution in [3.63, 3.8) is 0 Å². The fourth-order valence-electron chi connectivity index (χ4n) is 3.74. The van der Waals surface area contributed by atoms with Crippen LogP contribution in [-0.2, 0) is 14.3 Å². The molecule has 2 fully saturated rings. The molecule has 110 valence electrons. The summed E-state index contributed by atoms with van der Waals surface area (Å²) in [5.41, 5.74) is -0.779. The van der Waals surface area contributed by atoms with E-state index in [2.05, 4.69) is 12.2 Å². The number of likely N-dealkylation sites (tertiary alicyclic amines) is 1. The van der Waals surface area contributed by atoms with Crippen molar-refractivity contribution in [1.29, 1.82) is 0 Å². The first kappa shape index (κ1) is 13.6. The van der Waals surface area contributed by atoms with Gasteiger partial charge in [-0.3, -0.25) is 9.59 Å². The van der Waals surface area contributed by atoms with Crippen LogP contribution in [-0.4, -0.2) is 48.2 Å². The lowest BCUT2D eigenvalue weighted by Gasteiger charge is -2.34. The summed E-state index contributed by atoms with van der Waals surface area (Å²) in [4.78, 5) is 26.0. The predicted octanol–water partition coefficient (Wildman–Crippen LogP) is 1.29. The topological polar surface area (TPSA) is 66.8 Å². The molecule has 1 N–H and O–H groups in total. The third kappa shape index (κ3) is 2.14. The maximum absolute atomic E-state index is 12.6. The average molecular weight is 279 g/mol. The Balaban J connectivity index is 1.75. The van der Waals surface area contributed by atoms with Gasteiger partial charge in [0.1, 0.15) is 0 Å². The van der Waals surface area contributed by atoms with E-state index < -0.39 is 11.4 Å². The lowest BCUT2D eigenvalue weighted by Crippen LogP contribution is -2.45. The highest BCUT2D eigenvalue weighted by Gasteiger charge is 2.55. The van der Waals surface area contributed by atoms with Crippen LogP contribution in [0, 0.1) is 17.3 Å². The van der Waals surface area contributed by atoms with E-state index in [1.165, 1.54) is 0 Å². The first-order valence-corrected chi connectivity index (χ1v) is 7.38. The Morgan fingerprint density at radius 2 is 2.20 bits per heavy atom. The van der Waals surface area contributed by atoms with Crippen molar-refractivity contribution in [2.45, 2.75) is 25.7 Å². The number of amides is 1. The molecule has 0 spiro atoms. The van der Waals surface area contributed by atoms with E-state index in [0.29, 0.717) is 32.7 Å². The van der Waals surface area contributed by atoms with Gasteiger partial charge in [0.15, 0.2) is 0 Å². The van der Waals surface area contributed by atoms with E-state index in [1.807, 2.05) is 0 Å². The van der Waals surface area contributed by atoms with Crippen LogP contribution in [0.25, 0.3) is 0 Å². The Labute approximate surface area is 118 Å². The Bertz CT molecular complexity index is 447. The van der Waals surface area contributed by atoms with E-state index in [4.69, 9.17) is 4.74 Å². The van der Waals surface area contributed by atoms with Gasteiger partial charge in [-0.25, -0.2) is 0 Å². The third-order valence-electron chi connectivity index (χ3n) is 5.06. The Morgan fingerprint density at radius 1 is 1.35 bits per heavy atom. The smallest absolute Gasteiger partial charge is 0.311 e. The molecule has 2 aliphatic heterocycles. The van der Waals surface area contributed by atoms with E-state index in [1.54, 1.807) is 4.90 Å². The Hall–Kier alpha value is -1.36. The van der Waals surface area contributed by atoms with Crippen LogP contribution in [0.2, 0.25) is 0 Å². The summed E-state index contributed by atoms with van der Waals surface area (Å²) in [5, 5.41) is 9.60. The number of fused-ring (bicyclic) bond motifs is 1. The summed E-state index contributed by atoms with van der Waals surface area (Å²) in [6.45, 7) is 1.83. The van der Waals surface area contributed by atoms with E-state index >= 15 is 0 Å². The van der Waals surface area contributed by atoms with Crippen molar-refractivity contribution in [2.75, 3.05) is 26.3 Å². The molecule has 0 saturated carbocycles. The molecule has 0 aromatic heterocycles. The van der Waals surface area contributed by atoms with Crippen molar-refractivity contribution in [3.8, 4) is 0 Å². The maximum atomic E-state index is 12.6. The second-order valence-electron chi connectivity index (χ2n) is 6.18. The number of hydrogen-bond acceptors (Lipinski definition) is 3. The lowest BCUT2D eigenvalue weighted by atomic mass is 9.74. The highest BCUT2D eigenvalue weighted by atomic mass is 16.5. The molecule has 3 atom stereocenters. The second-order valence-corrected chi connectivity index (χ2v) is 6.18. The largest absolute Gasteiger partial charge is 0.481 e. The summed E-state index contributed by atoms with van der Waals surface area (Å²) in [5.74, 6) is -0.669. The van der Waals surface area contributed by atoms with Gasteiger partial charge in [-0.15, -0.1) is 0 Å². The molecule has 5 nitrogen and oxygen atoms in total. The molecule has 3 aliphatic rings. The van der Waals surface area contributed by atoms with Crippen molar-refractivity contribution < 1.29 is 19.4 Å². The third-order valence-corrected chi connectivity index (χ3v) is 5.06. The van der Waals surface area contributed by atoms with Crippen LogP contribution in [0.15, 0.2) is 12.2 Å². The predicted molar refractivity (Wildman–Crippen MR) is 72.1 cm³/mol. The number of aliphatic carboxylic acids is 1. The number of hydrogen-bond donors (Lipinski definition) is 1. The quantitative estimate of drug-likeness (QED) is 0.774. The fourth-order valence-corrected chi connectivity index (χ4v) is 3.74. The highest BCUT2D eigenvalue weighted by Crippen LogP contribution is 2.43. The minimum atomic E-state index is -0.779. The average Bonchev–Trinajstić information content (AvgIpc) is 2.88. The van der Waals surface area contributed by atoms with Gasteiger partial charge in [0.25, 0.3) is 0 Å². The van der Waals surface area contributed by atoms with Crippen LogP contribution in [0.3, 0.4) is 0 Å². The molecule has 3 rings (SSSR count). The molecule has 5 heteroatoms. The van der Waals surface area contributed by atoms with Gasteiger partial charge in [-0.2, -0.15) is 0 Å². The van der Waals surface area contributed by atoms with Gasteiger partial charge in [0.05, 0.1) is 12.0 Å². The number of carbonyl (C=O) groups is 2. The number of carboxylic acids is 1. The summed E-state index contributed by atoms with van der Waals surface area (Å²) < 4.78 is 5.42. The first-order chi connectivity index (χ1) is 9.63. The normalized spacial score (nSPS) is 36.7. The van der Waals surface area contributed by atoms with Crippen molar-refractivity contribution >= 4 is 11.9 Å². The van der Waals surface area contributed by atoms with Gasteiger partial charge in [0.2, 0.25) is 5.91 Å². The summed E-state index contributed by atoms with van der Waals surface area (Å²) in [6.07, 6.45) is 7.30. The van der Waals surface area contributed by atoms with E-state index in [9.17, 15) is 14.7 Å². The zero-order valence-electron chi connectivity index (χ0n) is 11.6. The second kappa shape index (κ2) is 5.20. The van der Waals surface area contributed by atoms with E-state index in [0.717, 1.165) is 19.3 Å². The summed E-state index contributed by atoms with van der Waals surface area (Å²) in [7, 11) is 0. The molecular formula is C15H21NO4. The fraction of sp³-hybridized carbons (Fsp3) is 0.733. The van der Waals surface area contributed by atoms with Gasteiger partial charge < -0.3 is 14.7 Å². The van der Waals surface area contributed by atoms with Crippen LogP contribution in [0.1, 0.15) is 25.7 Å². The molecule has 0 aromatic rings. The molecular weight excluding hydrogens is 258 g/mol. The monoisotopic (exact) mass is 279 g/mol. The van der Waals surface area contributed by atoms with Crippen molar-refractivity contribution in [1.82, 2.24) is 4.90 Å². The zero-order chi connectivity index (χ0) is 14.2. The highest BCUT2D eigenvalue weighted by molar-refractivity contribution is 5.83. The van der Waals surface area contributed by atoms with Gasteiger partial charge >= 0.3 is 5.97 Å². The van der Waals surface area contributed by atoms with Crippen LogP contribution in [0.5, 0.6) is 0 Å². The Kier molecular flexibility index (Phi) is 3.54. The standard InChI is InChI=1S/C15H21NO4/c17-13(11-4-2-1-3-5-11)16-8-12-9-20-7-6-15(12,10-16)14(18)19/h1-2,11-12H,3-10H2,(H,18,19)/t11?,12-,15+/m0/s1.